The first-order chi connectivity index (χ1) is 11.5. The van der Waals surface area contributed by atoms with E-state index in [9.17, 15) is 10.2 Å². The van der Waals surface area contributed by atoms with E-state index in [0.717, 1.165) is 11.1 Å². The van der Waals surface area contributed by atoms with Crippen molar-refractivity contribution in [2.45, 2.75) is 26.3 Å². The number of aromatic nitrogens is 3. The van der Waals surface area contributed by atoms with E-state index in [0.29, 0.717) is 22.8 Å². The van der Waals surface area contributed by atoms with E-state index in [-0.39, 0.29) is 17.4 Å². The highest BCUT2D eigenvalue weighted by Crippen LogP contribution is 2.36. The number of rotatable bonds is 4. The molecule has 2 aromatic carbocycles. The monoisotopic (exact) mass is 343 g/mol. The Labute approximate surface area is 145 Å². The van der Waals surface area contributed by atoms with E-state index in [1.54, 1.807) is 16.9 Å². The number of halogens is 1. The molecule has 0 fully saturated rings. The highest BCUT2D eigenvalue weighted by atomic mass is 35.5. The van der Waals surface area contributed by atoms with E-state index in [2.05, 4.69) is 10.3 Å². The number of phenolic OH excluding ortho intramolecular Hbond substituents is 2. The fraction of sp³-hybridized carbons (Fsp3) is 0.222. The summed E-state index contributed by atoms with van der Waals surface area (Å²) in [4.78, 5) is 0. The van der Waals surface area contributed by atoms with Gasteiger partial charge in [-0.2, -0.15) is 0 Å². The summed E-state index contributed by atoms with van der Waals surface area (Å²) in [6, 6.07) is 10.6. The fourth-order valence-electron chi connectivity index (χ4n) is 2.56. The molecule has 2 N–H and O–H groups in total. The molecular weight excluding hydrogens is 326 g/mol. The van der Waals surface area contributed by atoms with Gasteiger partial charge < -0.3 is 10.2 Å². The normalized spacial score (nSPS) is 11.2. The van der Waals surface area contributed by atoms with E-state index in [1.807, 2.05) is 38.1 Å². The lowest BCUT2D eigenvalue weighted by Gasteiger charge is -2.11. The quantitative estimate of drug-likeness (QED) is 0.745. The van der Waals surface area contributed by atoms with Gasteiger partial charge in [0.15, 0.2) is 0 Å². The van der Waals surface area contributed by atoms with Crippen LogP contribution < -0.4 is 0 Å². The van der Waals surface area contributed by atoms with Crippen LogP contribution in [0.25, 0.3) is 11.3 Å². The Balaban J connectivity index is 1.94. The molecule has 124 valence electrons. The van der Waals surface area contributed by atoms with Crippen molar-refractivity contribution in [1.29, 1.82) is 0 Å². The lowest BCUT2D eigenvalue weighted by Crippen LogP contribution is -2.00. The molecule has 0 saturated heterocycles. The molecule has 0 bridgehead atoms. The largest absolute Gasteiger partial charge is 0.508 e. The molecule has 0 aliphatic carbocycles. The molecule has 0 aliphatic rings. The molecule has 0 saturated carbocycles. The van der Waals surface area contributed by atoms with Gasteiger partial charge in [0.2, 0.25) is 0 Å². The summed E-state index contributed by atoms with van der Waals surface area (Å²) < 4.78 is 1.66. The summed E-state index contributed by atoms with van der Waals surface area (Å²) in [5, 5.41) is 29.0. The molecule has 6 heteroatoms. The zero-order valence-corrected chi connectivity index (χ0v) is 14.2. The molecular formula is C18H18ClN3O2. The van der Waals surface area contributed by atoms with Crippen LogP contribution in [0.4, 0.5) is 0 Å². The van der Waals surface area contributed by atoms with Crippen molar-refractivity contribution in [3.63, 3.8) is 0 Å². The Kier molecular flexibility index (Phi) is 4.44. The average Bonchev–Trinajstić information content (AvgIpc) is 2.97. The minimum absolute atomic E-state index is 0.0262. The van der Waals surface area contributed by atoms with Gasteiger partial charge in [0.05, 0.1) is 12.7 Å². The smallest absolute Gasteiger partial charge is 0.128 e. The van der Waals surface area contributed by atoms with Gasteiger partial charge in [0, 0.05) is 16.7 Å². The number of benzene rings is 2. The van der Waals surface area contributed by atoms with Crippen molar-refractivity contribution in [2.24, 2.45) is 0 Å². The van der Waals surface area contributed by atoms with E-state index < -0.39 is 0 Å². The predicted octanol–water partition coefficient (Wildman–Crippen LogP) is 4.18. The minimum Gasteiger partial charge on any atom is -0.508 e. The number of nitrogens with zero attached hydrogens (tertiary/aromatic N) is 3. The maximum Gasteiger partial charge on any atom is 0.128 e. The Hall–Kier alpha value is -2.53. The van der Waals surface area contributed by atoms with Gasteiger partial charge in [-0.25, -0.2) is 4.68 Å². The highest BCUT2D eigenvalue weighted by Gasteiger charge is 2.15. The summed E-state index contributed by atoms with van der Waals surface area (Å²) in [5.41, 5.74) is 2.78. The second-order valence-electron chi connectivity index (χ2n) is 5.98. The lowest BCUT2D eigenvalue weighted by atomic mass is 9.98. The SMILES string of the molecule is CC(C)c1cc(-c2cn(Cc3ccccc3Cl)nn2)c(O)cc1O. The molecule has 3 rings (SSSR count). The van der Waals surface area contributed by atoms with Gasteiger partial charge in [0.1, 0.15) is 17.2 Å². The molecule has 24 heavy (non-hydrogen) atoms. The fourth-order valence-corrected chi connectivity index (χ4v) is 2.76. The van der Waals surface area contributed by atoms with Crippen LogP contribution in [0, 0.1) is 0 Å². The second kappa shape index (κ2) is 6.53. The predicted molar refractivity (Wildman–Crippen MR) is 93.4 cm³/mol. The standard InChI is InChI=1S/C18H18ClN3O2/c1-11(2)13-7-14(18(24)8-17(13)23)16-10-22(21-20-16)9-12-5-3-4-6-15(12)19/h3-8,10-11,23-24H,9H2,1-2H3. The number of hydrogen-bond acceptors (Lipinski definition) is 4. The maximum atomic E-state index is 10.1. The van der Waals surface area contributed by atoms with Crippen molar-refractivity contribution in [3.05, 3.63) is 58.7 Å². The molecule has 0 unspecified atom stereocenters. The molecule has 0 spiro atoms. The Morgan fingerprint density at radius 1 is 1.12 bits per heavy atom. The molecule has 5 nitrogen and oxygen atoms in total. The first kappa shape index (κ1) is 16.3. The maximum absolute atomic E-state index is 10.1. The molecule has 3 aromatic rings. The number of phenols is 2. The summed E-state index contributed by atoms with van der Waals surface area (Å²) in [7, 11) is 0. The van der Waals surface area contributed by atoms with Crippen molar-refractivity contribution in [2.75, 3.05) is 0 Å². The van der Waals surface area contributed by atoms with Crippen molar-refractivity contribution in [3.8, 4) is 22.8 Å². The highest BCUT2D eigenvalue weighted by molar-refractivity contribution is 6.31. The van der Waals surface area contributed by atoms with Crippen LogP contribution in [0.5, 0.6) is 11.5 Å². The van der Waals surface area contributed by atoms with Crippen LogP contribution >= 0.6 is 11.6 Å². The summed E-state index contributed by atoms with van der Waals surface area (Å²) in [6.45, 7) is 4.44. The zero-order chi connectivity index (χ0) is 17.3. The summed E-state index contributed by atoms with van der Waals surface area (Å²) >= 11 is 6.17. The third kappa shape index (κ3) is 3.21. The van der Waals surface area contributed by atoms with Crippen LogP contribution in [-0.2, 0) is 6.54 Å². The first-order valence-corrected chi connectivity index (χ1v) is 8.03. The lowest BCUT2D eigenvalue weighted by molar-refractivity contribution is 0.445. The molecule has 1 aromatic heterocycles. The zero-order valence-electron chi connectivity index (χ0n) is 13.4. The summed E-state index contributed by atoms with van der Waals surface area (Å²) in [5.74, 6) is 0.180. The van der Waals surface area contributed by atoms with E-state index >= 15 is 0 Å². The Morgan fingerprint density at radius 2 is 1.88 bits per heavy atom. The third-order valence-corrected chi connectivity index (χ3v) is 4.24. The van der Waals surface area contributed by atoms with Gasteiger partial charge in [0.25, 0.3) is 0 Å². The molecule has 0 amide bonds. The topological polar surface area (TPSA) is 71.2 Å². The number of aromatic hydroxyl groups is 2. The van der Waals surface area contributed by atoms with Gasteiger partial charge in [-0.05, 0) is 29.2 Å². The minimum atomic E-state index is -0.0262. The van der Waals surface area contributed by atoms with Crippen LogP contribution in [-0.4, -0.2) is 25.2 Å². The van der Waals surface area contributed by atoms with Gasteiger partial charge in [-0.1, -0.05) is 48.9 Å². The van der Waals surface area contributed by atoms with Crippen molar-refractivity contribution < 1.29 is 10.2 Å². The van der Waals surface area contributed by atoms with Crippen LogP contribution in [0.3, 0.4) is 0 Å². The number of hydrogen-bond donors (Lipinski definition) is 2. The van der Waals surface area contributed by atoms with Gasteiger partial charge in [-0.3, -0.25) is 0 Å². The van der Waals surface area contributed by atoms with Crippen LogP contribution in [0.1, 0.15) is 30.9 Å². The Morgan fingerprint density at radius 3 is 2.58 bits per heavy atom. The van der Waals surface area contributed by atoms with Gasteiger partial charge >= 0.3 is 0 Å². The van der Waals surface area contributed by atoms with Crippen LogP contribution in [0.2, 0.25) is 5.02 Å². The van der Waals surface area contributed by atoms with E-state index in [1.165, 1.54) is 6.07 Å². The summed E-state index contributed by atoms with van der Waals surface area (Å²) in [6.07, 6.45) is 1.75. The van der Waals surface area contributed by atoms with Crippen molar-refractivity contribution in [1.82, 2.24) is 15.0 Å². The average molecular weight is 344 g/mol. The molecule has 1 heterocycles. The third-order valence-electron chi connectivity index (χ3n) is 3.87. The molecule has 0 aliphatic heterocycles. The van der Waals surface area contributed by atoms with Crippen molar-refractivity contribution >= 4 is 11.6 Å². The molecule has 0 radical (unpaired) electrons. The Bertz CT molecular complexity index is 874. The second-order valence-corrected chi connectivity index (χ2v) is 6.38. The van der Waals surface area contributed by atoms with Gasteiger partial charge in [-0.15, -0.1) is 5.10 Å². The first-order valence-electron chi connectivity index (χ1n) is 7.65. The van der Waals surface area contributed by atoms with Crippen LogP contribution in [0.15, 0.2) is 42.6 Å². The van der Waals surface area contributed by atoms with E-state index in [4.69, 9.17) is 11.6 Å². The molecule has 0 atom stereocenters.